The molecule has 0 heterocycles. The van der Waals surface area contributed by atoms with E-state index in [1.165, 1.54) is 14.7 Å². The van der Waals surface area contributed by atoms with Gasteiger partial charge >= 0.3 is 29.6 Å². The Hall–Kier alpha value is -1.11. The van der Waals surface area contributed by atoms with Crippen molar-refractivity contribution >= 4 is 0 Å². The third-order valence-corrected chi connectivity index (χ3v) is 0. The normalized spacial score (nSPS) is 2.18. The zero-order valence-corrected chi connectivity index (χ0v) is 7.73. The van der Waals surface area contributed by atoms with Gasteiger partial charge in [0.2, 0.25) is 0 Å². The molecule has 0 spiro atoms. The first-order valence-electron chi connectivity index (χ1n) is 1.20. The van der Waals surface area contributed by atoms with E-state index in [-0.39, 0.29) is 35.0 Å². The number of nitrogens with zero attached hydrogens (tertiary/aromatic N) is 9. The van der Waals surface area contributed by atoms with Crippen molar-refractivity contribution in [2.24, 2.45) is 0 Å². The van der Waals surface area contributed by atoms with Crippen LogP contribution in [0.3, 0.4) is 0 Å². The molecule has 4 N–H and O–H groups in total. The van der Waals surface area contributed by atoms with Crippen LogP contribution in [0.1, 0.15) is 0 Å². The quantitative estimate of drug-likeness (QED) is 0.173. The second-order valence-electron chi connectivity index (χ2n) is 0.268. The van der Waals surface area contributed by atoms with Gasteiger partial charge in [-0.25, -0.2) is 0 Å². The van der Waals surface area contributed by atoms with Crippen LogP contribution < -0.4 is 29.6 Å². The molecule has 0 aliphatic carbocycles. The molecule has 0 unspecified atom stereocenters. The summed E-state index contributed by atoms with van der Waals surface area (Å²) in [5.41, 5.74) is 40.5. The molecule has 0 amide bonds. The molecule has 11 heavy (non-hydrogen) atoms. The van der Waals surface area contributed by atoms with Crippen LogP contribution in [-0.2, 0) is 5.48 Å². The smallest absolute Gasteiger partial charge is 0.873 e. The van der Waals surface area contributed by atoms with E-state index in [0.717, 1.165) is 0 Å². The molecular formula is H4N9NaO. The summed E-state index contributed by atoms with van der Waals surface area (Å²) in [7, 11) is 0. The molecule has 0 aromatic rings. The first-order valence-corrected chi connectivity index (χ1v) is 1.20. The van der Waals surface area contributed by atoms with E-state index >= 15 is 0 Å². The van der Waals surface area contributed by atoms with Crippen molar-refractivity contribution in [3.8, 4) is 0 Å². The van der Waals surface area contributed by atoms with Gasteiger partial charge in [-0.3, -0.25) is 14.7 Å². The SMILES string of the molecule is [N-]=[N+]=[N-].[N-]=[N+]=[N-].[N-]=[N+]=[N-].[Na+].[OH4+2]. The van der Waals surface area contributed by atoms with Gasteiger partial charge in [-0.05, 0) is 0 Å². The molecule has 10 nitrogen and oxygen atoms in total. The molecule has 0 saturated carbocycles. The maximum absolute atomic E-state index is 6.75. The molecule has 0 aliphatic rings. The van der Waals surface area contributed by atoms with Crippen molar-refractivity contribution in [1.82, 2.24) is 0 Å². The third kappa shape index (κ3) is 343. The van der Waals surface area contributed by atoms with Gasteiger partial charge in [0.25, 0.3) is 0 Å². The maximum Gasteiger partial charge on any atom is 1.00 e. The molecule has 56 valence electrons. The third-order valence-electron chi connectivity index (χ3n) is 0. The van der Waals surface area contributed by atoms with Crippen LogP contribution in [0, 0.1) is 0 Å². The molecule has 11 heteroatoms. The van der Waals surface area contributed by atoms with E-state index in [1.54, 1.807) is 0 Å². The Kier molecular flexibility index (Phi) is 460. The molecule has 0 saturated heterocycles. The van der Waals surface area contributed by atoms with Crippen LogP contribution in [-0.4, -0.2) is 0 Å². The van der Waals surface area contributed by atoms with Crippen molar-refractivity contribution in [3.05, 3.63) is 47.9 Å². The number of rotatable bonds is 0. The van der Waals surface area contributed by atoms with E-state index in [0.29, 0.717) is 0 Å². The molecule has 0 radical (unpaired) electrons. The van der Waals surface area contributed by atoms with Gasteiger partial charge in [-0.1, -0.05) is 0 Å². The first-order chi connectivity index (χ1) is 4.24. The molecule has 0 aromatic heterocycles. The minimum atomic E-state index is 0. The van der Waals surface area contributed by atoms with E-state index in [2.05, 4.69) is 0 Å². The van der Waals surface area contributed by atoms with Crippen LogP contribution >= 0.6 is 0 Å². The molecule has 0 aromatic carbocycles. The van der Waals surface area contributed by atoms with Gasteiger partial charge in [0, 0.05) is 0 Å². The maximum atomic E-state index is 6.75. The Bertz CT molecular complexity index is 101. The van der Waals surface area contributed by atoms with Crippen LogP contribution in [0.15, 0.2) is 0 Å². The molecule has 0 atom stereocenters. The summed E-state index contributed by atoms with van der Waals surface area (Å²) < 4.78 is 0. The van der Waals surface area contributed by atoms with Gasteiger partial charge < -0.3 is 38.7 Å². The number of hydrogen-bond acceptors (Lipinski definition) is 0. The summed E-state index contributed by atoms with van der Waals surface area (Å²) in [5.74, 6) is 0. The summed E-state index contributed by atoms with van der Waals surface area (Å²) in [5, 5.41) is 0. The van der Waals surface area contributed by atoms with E-state index in [9.17, 15) is 0 Å². The van der Waals surface area contributed by atoms with E-state index in [4.69, 9.17) is 33.2 Å². The Morgan fingerprint density at radius 3 is 0.545 bits per heavy atom. The standard InChI is InChI=1S/3N3.Na.H4O/c3*1-3-2;;/h;;;;1H4/q3*-1;+1;+2. The van der Waals surface area contributed by atoms with Crippen molar-refractivity contribution < 1.29 is 35.0 Å². The average molecular weight is 169 g/mol. The minimum Gasteiger partial charge on any atom is -0.873 e. The summed E-state index contributed by atoms with van der Waals surface area (Å²) in [6, 6.07) is 0. The molecule has 0 aliphatic heterocycles. The Labute approximate surface area is 83.1 Å². The fourth-order valence-electron chi connectivity index (χ4n) is 0. The Morgan fingerprint density at radius 1 is 0.545 bits per heavy atom. The van der Waals surface area contributed by atoms with Crippen molar-refractivity contribution in [3.63, 3.8) is 0 Å². The van der Waals surface area contributed by atoms with Gasteiger partial charge in [0.05, 0.1) is 0 Å². The summed E-state index contributed by atoms with van der Waals surface area (Å²) in [6.45, 7) is 0. The molecule has 0 rings (SSSR count). The number of hydrogen-bond donors (Lipinski definition) is 0. The zero-order valence-electron chi connectivity index (χ0n) is 5.73. The molecule has 0 fully saturated rings. The van der Waals surface area contributed by atoms with Crippen molar-refractivity contribution in [2.45, 2.75) is 0 Å². The predicted molar refractivity (Wildman–Crippen MR) is 36.5 cm³/mol. The predicted octanol–water partition coefficient (Wildman–Crippen LogP) is -1.59. The zero-order chi connectivity index (χ0) is 8.12. The summed E-state index contributed by atoms with van der Waals surface area (Å²) in [6.07, 6.45) is 0. The summed E-state index contributed by atoms with van der Waals surface area (Å²) in [4.78, 5) is 4.50. The molecule has 0 bridgehead atoms. The first kappa shape index (κ1) is 32.7. The monoisotopic (exact) mass is 169 g/mol. The van der Waals surface area contributed by atoms with Crippen LogP contribution in [0.5, 0.6) is 0 Å². The van der Waals surface area contributed by atoms with Crippen molar-refractivity contribution in [1.29, 1.82) is 0 Å². The Balaban J connectivity index is -0.0000000150. The van der Waals surface area contributed by atoms with E-state index < -0.39 is 0 Å². The fourth-order valence-corrected chi connectivity index (χ4v) is 0. The molecular weight excluding hydrogens is 165 g/mol. The van der Waals surface area contributed by atoms with Crippen LogP contribution in [0.4, 0.5) is 0 Å². The second-order valence-corrected chi connectivity index (χ2v) is 0.268. The van der Waals surface area contributed by atoms with E-state index in [1.807, 2.05) is 0 Å². The largest absolute Gasteiger partial charge is 1.00 e. The van der Waals surface area contributed by atoms with Crippen molar-refractivity contribution in [2.75, 3.05) is 0 Å². The van der Waals surface area contributed by atoms with Gasteiger partial charge in [-0.2, -0.15) is 0 Å². The van der Waals surface area contributed by atoms with Gasteiger partial charge in [0.15, 0.2) is 0 Å². The van der Waals surface area contributed by atoms with Crippen LogP contribution in [0.25, 0.3) is 47.9 Å². The van der Waals surface area contributed by atoms with Gasteiger partial charge in [-0.15, -0.1) is 0 Å². The second kappa shape index (κ2) is 155. The minimum absolute atomic E-state index is 0. The Morgan fingerprint density at radius 2 is 0.545 bits per heavy atom. The van der Waals surface area contributed by atoms with Gasteiger partial charge in [0.1, 0.15) is 0 Å². The average Bonchev–Trinajstić information content (AvgIpc) is 1.70. The topological polar surface area (TPSA) is 211 Å². The summed E-state index contributed by atoms with van der Waals surface area (Å²) >= 11 is 0. The fraction of sp³-hybridized carbons (Fsp3) is 0. The van der Waals surface area contributed by atoms with Crippen LogP contribution in [0.2, 0.25) is 0 Å².